The summed E-state index contributed by atoms with van der Waals surface area (Å²) in [6, 6.07) is 63.6. The van der Waals surface area contributed by atoms with E-state index in [-0.39, 0.29) is 0 Å². The van der Waals surface area contributed by atoms with Gasteiger partial charge in [0.15, 0.2) is 0 Å². The number of anilines is 3. The first-order chi connectivity index (χ1) is 25.8. The molecule has 11 aromatic rings. The molecule has 52 heavy (non-hydrogen) atoms. The summed E-state index contributed by atoms with van der Waals surface area (Å²) in [5.41, 5.74) is 9.87. The van der Waals surface area contributed by atoms with Crippen LogP contribution in [0.15, 0.2) is 180 Å². The number of thiophene rings is 2. The highest BCUT2D eigenvalue weighted by molar-refractivity contribution is 7.27. The molecule has 0 fully saturated rings. The Labute approximate surface area is 308 Å². The fourth-order valence-corrected chi connectivity index (χ4v) is 10.2. The largest absolute Gasteiger partial charge is 0.456 e. The first-order valence-corrected chi connectivity index (χ1v) is 19.1. The summed E-state index contributed by atoms with van der Waals surface area (Å²) >= 11 is 3.70. The van der Waals surface area contributed by atoms with Crippen LogP contribution in [0.25, 0.3) is 84.5 Å². The van der Waals surface area contributed by atoms with Crippen LogP contribution in [0.3, 0.4) is 0 Å². The third-order valence-electron chi connectivity index (χ3n) is 10.3. The van der Waals surface area contributed by atoms with Gasteiger partial charge in [-0.1, -0.05) is 103 Å². The second-order valence-electron chi connectivity index (χ2n) is 13.3. The molecule has 0 spiro atoms. The van der Waals surface area contributed by atoms with E-state index in [2.05, 4.69) is 181 Å². The molecule has 11 rings (SSSR count). The fourth-order valence-electron chi connectivity index (χ4n) is 7.82. The summed E-state index contributed by atoms with van der Waals surface area (Å²) in [6.07, 6.45) is 0. The molecule has 0 saturated heterocycles. The van der Waals surface area contributed by atoms with Crippen molar-refractivity contribution in [1.29, 1.82) is 0 Å². The van der Waals surface area contributed by atoms with Crippen LogP contribution in [-0.4, -0.2) is 0 Å². The first kappa shape index (κ1) is 29.5. The zero-order chi connectivity index (χ0) is 34.2. The Kier molecular flexibility index (Phi) is 6.63. The molecule has 3 heterocycles. The van der Waals surface area contributed by atoms with Gasteiger partial charge in [0.05, 0.1) is 11.1 Å². The molecule has 0 aliphatic rings. The van der Waals surface area contributed by atoms with Crippen molar-refractivity contribution < 1.29 is 4.42 Å². The molecule has 0 aliphatic heterocycles. The van der Waals surface area contributed by atoms with Crippen LogP contribution < -0.4 is 4.90 Å². The van der Waals surface area contributed by atoms with Crippen molar-refractivity contribution in [3.63, 3.8) is 0 Å². The molecule has 0 unspecified atom stereocenters. The molecule has 0 radical (unpaired) electrons. The Bertz CT molecular complexity index is 3110. The zero-order valence-electron chi connectivity index (χ0n) is 27.9. The normalized spacial score (nSPS) is 11.8. The average molecular weight is 700 g/mol. The minimum atomic E-state index is 0.885. The third kappa shape index (κ3) is 4.62. The summed E-state index contributed by atoms with van der Waals surface area (Å²) in [6.45, 7) is 0. The van der Waals surface area contributed by atoms with Gasteiger partial charge in [0, 0.05) is 57.1 Å². The summed E-state index contributed by atoms with van der Waals surface area (Å²) in [5.74, 6) is 0. The molecular weight excluding hydrogens is 671 g/mol. The van der Waals surface area contributed by atoms with E-state index in [0.717, 1.165) is 33.6 Å². The lowest BCUT2D eigenvalue weighted by molar-refractivity contribution is 0.669. The van der Waals surface area contributed by atoms with E-state index in [1.807, 2.05) is 22.7 Å². The van der Waals surface area contributed by atoms with Crippen molar-refractivity contribution in [1.82, 2.24) is 0 Å². The minimum absolute atomic E-state index is 0.885. The molecule has 0 N–H and O–H groups in total. The van der Waals surface area contributed by atoms with Gasteiger partial charge >= 0.3 is 0 Å². The average Bonchev–Trinajstić information content (AvgIpc) is 3.90. The Balaban J connectivity index is 1.10. The second-order valence-corrected chi connectivity index (χ2v) is 15.4. The van der Waals surface area contributed by atoms with Crippen LogP contribution in [0, 0.1) is 0 Å². The molecule has 0 saturated carbocycles. The molecule has 8 aromatic carbocycles. The van der Waals surface area contributed by atoms with Crippen LogP contribution in [0.1, 0.15) is 0 Å². The maximum absolute atomic E-state index is 6.61. The molecule has 0 aliphatic carbocycles. The van der Waals surface area contributed by atoms with Crippen molar-refractivity contribution in [2.24, 2.45) is 0 Å². The van der Waals surface area contributed by atoms with Crippen molar-refractivity contribution in [3.05, 3.63) is 176 Å². The van der Waals surface area contributed by atoms with Crippen LogP contribution in [0.2, 0.25) is 0 Å². The Morgan fingerprint density at radius 3 is 1.69 bits per heavy atom. The molecule has 4 heteroatoms. The van der Waals surface area contributed by atoms with Crippen molar-refractivity contribution in [2.45, 2.75) is 0 Å². The van der Waals surface area contributed by atoms with Crippen LogP contribution in [0.4, 0.5) is 17.1 Å². The van der Waals surface area contributed by atoms with Gasteiger partial charge in [0.1, 0.15) is 11.2 Å². The Hall–Kier alpha value is -6.20. The number of benzene rings is 8. The van der Waals surface area contributed by atoms with Gasteiger partial charge in [-0.3, -0.25) is 0 Å². The number of fused-ring (bicyclic) bond motifs is 10. The molecule has 2 nitrogen and oxygen atoms in total. The van der Waals surface area contributed by atoms with Gasteiger partial charge in [-0.25, -0.2) is 0 Å². The van der Waals surface area contributed by atoms with Crippen LogP contribution >= 0.6 is 22.7 Å². The van der Waals surface area contributed by atoms with Gasteiger partial charge in [-0.15, -0.1) is 22.7 Å². The molecule has 3 aromatic heterocycles. The number of hydrogen-bond donors (Lipinski definition) is 0. The predicted octanol–water partition coefficient (Wildman–Crippen LogP) is 15.1. The number of hydrogen-bond acceptors (Lipinski definition) is 4. The summed E-state index contributed by atoms with van der Waals surface area (Å²) < 4.78 is 11.8. The lowest BCUT2D eigenvalue weighted by atomic mass is 10.0. The zero-order valence-corrected chi connectivity index (χ0v) is 29.5. The van der Waals surface area contributed by atoms with Crippen molar-refractivity contribution >= 4 is 102 Å². The third-order valence-corrected chi connectivity index (χ3v) is 12.6. The van der Waals surface area contributed by atoms with E-state index in [9.17, 15) is 0 Å². The highest BCUT2D eigenvalue weighted by Crippen LogP contribution is 2.48. The molecule has 0 amide bonds. The molecule has 244 valence electrons. The maximum Gasteiger partial charge on any atom is 0.137 e. The number of nitrogens with zero attached hydrogens (tertiary/aromatic N) is 1. The smallest absolute Gasteiger partial charge is 0.137 e. The van der Waals surface area contributed by atoms with E-state index >= 15 is 0 Å². The fraction of sp³-hybridized carbons (Fsp3) is 0. The van der Waals surface area contributed by atoms with Gasteiger partial charge in [0.25, 0.3) is 0 Å². The standard InChI is InChI=1S/C48H29NOS2/c1-2-9-30(10-3-1)31-17-22-34(23-18-31)49(35-24-19-32(20-25-35)33-21-28-45-39(29-33)37-12-5-6-15-43(37)51-45)40-13-8-14-41-46(40)47-42(50-41)27-26-38-36-11-4-7-16-44(36)52-48(38)47/h1-29H. The Morgan fingerprint density at radius 1 is 0.365 bits per heavy atom. The number of rotatable bonds is 5. The van der Waals surface area contributed by atoms with E-state index in [1.54, 1.807) is 0 Å². The lowest BCUT2D eigenvalue weighted by Crippen LogP contribution is -2.10. The van der Waals surface area contributed by atoms with E-state index < -0.39 is 0 Å². The second kappa shape index (κ2) is 11.7. The van der Waals surface area contributed by atoms with Crippen LogP contribution in [-0.2, 0) is 0 Å². The van der Waals surface area contributed by atoms with Crippen molar-refractivity contribution in [3.8, 4) is 22.3 Å². The van der Waals surface area contributed by atoms with Gasteiger partial charge in [-0.05, 0) is 95.1 Å². The molecule has 0 atom stereocenters. The quantitative estimate of drug-likeness (QED) is 0.178. The number of furan rings is 1. The predicted molar refractivity (Wildman–Crippen MR) is 225 cm³/mol. The van der Waals surface area contributed by atoms with E-state index in [4.69, 9.17) is 4.42 Å². The Morgan fingerprint density at radius 2 is 0.942 bits per heavy atom. The van der Waals surface area contributed by atoms with Gasteiger partial charge in [-0.2, -0.15) is 0 Å². The maximum atomic E-state index is 6.61. The summed E-state index contributed by atoms with van der Waals surface area (Å²) in [5, 5.41) is 7.48. The summed E-state index contributed by atoms with van der Waals surface area (Å²) in [4.78, 5) is 2.39. The van der Waals surface area contributed by atoms with Crippen LogP contribution in [0.5, 0.6) is 0 Å². The lowest BCUT2D eigenvalue weighted by Gasteiger charge is -2.26. The minimum Gasteiger partial charge on any atom is -0.456 e. The summed E-state index contributed by atoms with van der Waals surface area (Å²) in [7, 11) is 0. The monoisotopic (exact) mass is 699 g/mol. The highest BCUT2D eigenvalue weighted by Gasteiger charge is 2.22. The van der Waals surface area contributed by atoms with E-state index in [0.29, 0.717) is 0 Å². The topological polar surface area (TPSA) is 16.4 Å². The van der Waals surface area contributed by atoms with Crippen molar-refractivity contribution in [2.75, 3.05) is 4.90 Å². The van der Waals surface area contributed by atoms with Gasteiger partial charge < -0.3 is 9.32 Å². The first-order valence-electron chi connectivity index (χ1n) is 17.5. The van der Waals surface area contributed by atoms with Gasteiger partial charge in [0.2, 0.25) is 0 Å². The highest BCUT2D eigenvalue weighted by atomic mass is 32.1. The molecular formula is C48H29NOS2. The SMILES string of the molecule is c1ccc(-c2ccc(N(c3ccc(-c4ccc5sc6ccccc6c5c4)cc3)c3cccc4oc5ccc6c7ccccc7sc6c5c34)cc2)cc1. The van der Waals surface area contributed by atoms with E-state index in [1.165, 1.54) is 68.0 Å². The molecule has 0 bridgehead atoms.